The van der Waals surface area contributed by atoms with Gasteiger partial charge in [-0.15, -0.1) is 0 Å². The van der Waals surface area contributed by atoms with Crippen molar-refractivity contribution in [3.05, 3.63) is 59.3 Å². The average Bonchev–Trinajstić information content (AvgIpc) is 2.48. The number of ether oxygens (including phenoxy) is 1. The predicted octanol–water partition coefficient (Wildman–Crippen LogP) is 3.07. The highest BCUT2D eigenvalue weighted by atomic mass is 19.2. The van der Waals surface area contributed by atoms with Gasteiger partial charge >= 0.3 is 0 Å². The highest BCUT2D eigenvalue weighted by Gasteiger charge is 2.19. The van der Waals surface area contributed by atoms with Gasteiger partial charge in [0, 0.05) is 11.8 Å². The molecule has 0 amide bonds. The molecule has 0 radical (unpaired) electrons. The number of hydrogen-bond acceptors (Lipinski definition) is 3. The summed E-state index contributed by atoms with van der Waals surface area (Å²) in [5.74, 6) is -1.27. The summed E-state index contributed by atoms with van der Waals surface area (Å²) in [6, 6.07) is 7.19. The molecule has 0 spiro atoms. The molecule has 106 valence electrons. The minimum absolute atomic E-state index is 0.307. The third-order valence-electron chi connectivity index (χ3n) is 2.99. The topological polar surface area (TPSA) is 34.2 Å². The largest absolute Gasteiger partial charge is 0.481 e. The van der Waals surface area contributed by atoms with Crippen molar-refractivity contribution in [1.82, 2.24) is 10.3 Å². The molecule has 2 aromatic rings. The van der Waals surface area contributed by atoms with Crippen LogP contribution in [-0.4, -0.2) is 18.6 Å². The number of halogens is 2. The standard InChI is InChI=1S/C15H16F2N2O/c1-3-18-14(10-6-7-12(16)13(17)9-10)11-5-4-8-19-15(11)20-2/h4-9,14,18H,3H2,1-2H3. The second-order valence-corrected chi connectivity index (χ2v) is 4.27. The molecule has 1 atom stereocenters. The van der Waals surface area contributed by atoms with E-state index in [-0.39, 0.29) is 6.04 Å². The van der Waals surface area contributed by atoms with E-state index in [0.29, 0.717) is 18.0 Å². The maximum Gasteiger partial charge on any atom is 0.218 e. The van der Waals surface area contributed by atoms with Gasteiger partial charge in [0.1, 0.15) is 0 Å². The van der Waals surface area contributed by atoms with Gasteiger partial charge in [0.05, 0.1) is 13.2 Å². The van der Waals surface area contributed by atoms with Gasteiger partial charge in [-0.25, -0.2) is 13.8 Å². The Morgan fingerprint density at radius 1 is 1.25 bits per heavy atom. The summed E-state index contributed by atoms with van der Waals surface area (Å²) in [5.41, 5.74) is 1.40. The zero-order chi connectivity index (χ0) is 14.5. The second kappa shape index (κ2) is 6.43. The minimum Gasteiger partial charge on any atom is -0.481 e. The van der Waals surface area contributed by atoms with Crippen molar-refractivity contribution >= 4 is 0 Å². The summed E-state index contributed by atoms with van der Waals surface area (Å²) in [6.07, 6.45) is 1.62. The molecule has 0 aliphatic heterocycles. The number of rotatable bonds is 5. The van der Waals surface area contributed by atoms with Crippen LogP contribution in [0.4, 0.5) is 8.78 Å². The number of methoxy groups -OCH3 is 1. The molecule has 1 heterocycles. The highest BCUT2D eigenvalue weighted by Crippen LogP contribution is 2.28. The van der Waals surface area contributed by atoms with Gasteiger partial charge < -0.3 is 10.1 Å². The van der Waals surface area contributed by atoms with Crippen LogP contribution in [0.2, 0.25) is 0 Å². The Morgan fingerprint density at radius 2 is 2.05 bits per heavy atom. The van der Waals surface area contributed by atoms with E-state index in [1.54, 1.807) is 18.3 Å². The molecule has 1 N–H and O–H groups in total. The molecule has 0 aliphatic rings. The van der Waals surface area contributed by atoms with Crippen molar-refractivity contribution in [2.75, 3.05) is 13.7 Å². The lowest BCUT2D eigenvalue weighted by atomic mass is 9.99. The normalized spacial score (nSPS) is 12.2. The molecule has 0 bridgehead atoms. The molecule has 0 fully saturated rings. The summed E-state index contributed by atoms with van der Waals surface area (Å²) < 4.78 is 31.7. The Hall–Kier alpha value is -2.01. The zero-order valence-corrected chi connectivity index (χ0v) is 11.4. The lowest BCUT2D eigenvalue weighted by molar-refractivity contribution is 0.387. The Morgan fingerprint density at radius 3 is 2.70 bits per heavy atom. The SMILES string of the molecule is CCNC(c1ccc(F)c(F)c1)c1cccnc1OC. The van der Waals surface area contributed by atoms with Crippen molar-refractivity contribution < 1.29 is 13.5 Å². The molecule has 0 saturated carbocycles. The van der Waals surface area contributed by atoms with E-state index in [1.807, 2.05) is 13.0 Å². The van der Waals surface area contributed by atoms with E-state index in [0.717, 1.165) is 11.6 Å². The fourth-order valence-corrected chi connectivity index (χ4v) is 2.10. The van der Waals surface area contributed by atoms with Crippen LogP contribution in [0.5, 0.6) is 5.88 Å². The molecule has 1 aromatic carbocycles. The van der Waals surface area contributed by atoms with E-state index in [4.69, 9.17) is 4.74 Å². The van der Waals surface area contributed by atoms with Crippen LogP contribution in [0.15, 0.2) is 36.5 Å². The third-order valence-corrected chi connectivity index (χ3v) is 2.99. The molecule has 5 heteroatoms. The Kier molecular flexibility index (Phi) is 4.63. The predicted molar refractivity (Wildman–Crippen MR) is 72.7 cm³/mol. The van der Waals surface area contributed by atoms with Crippen LogP contribution in [0, 0.1) is 11.6 Å². The van der Waals surface area contributed by atoms with Gasteiger partial charge in [0.15, 0.2) is 11.6 Å². The van der Waals surface area contributed by atoms with Gasteiger partial charge in [-0.1, -0.05) is 19.1 Å². The summed E-state index contributed by atoms with van der Waals surface area (Å²) >= 11 is 0. The van der Waals surface area contributed by atoms with Gasteiger partial charge in [-0.05, 0) is 30.3 Å². The van der Waals surface area contributed by atoms with Gasteiger partial charge in [0.25, 0.3) is 0 Å². The first-order chi connectivity index (χ1) is 9.67. The molecule has 0 saturated heterocycles. The smallest absolute Gasteiger partial charge is 0.218 e. The molecule has 1 aromatic heterocycles. The van der Waals surface area contributed by atoms with Crippen LogP contribution in [-0.2, 0) is 0 Å². The number of nitrogens with one attached hydrogen (secondary N) is 1. The first-order valence-electron chi connectivity index (χ1n) is 6.34. The van der Waals surface area contributed by atoms with Gasteiger partial charge in [0.2, 0.25) is 5.88 Å². The number of benzene rings is 1. The summed E-state index contributed by atoms with van der Waals surface area (Å²) in [5, 5.41) is 3.23. The summed E-state index contributed by atoms with van der Waals surface area (Å²) in [6.45, 7) is 2.61. The molecular formula is C15H16F2N2O. The first-order valence-corrected chi connectivity index (χ1v) is 6.34. The van der Waals surface area contributed by atoms with Crippen LogP contribution in [0.25, 0.3) is 0 Å². The summed E-state index contributed by atoms with van der Waals surface area (Å²) in [4.78, 5) is 4.14. The van der Waals surface area contributed by atoms with Crippen molar-refractivity contribution in [1.29, 1.82) is 0 Å². The monoisotopic (exact) mass is 278 g/mol. The molecule has 2 rings (SSSR count). The van der Waals surface area contributed by atoms with E-state index in [2.05, 4.69) is 10.3 Å². The maximum atomic E-state index is 13.4. The highest BCUT2D eigenvalue weighted by molar-refractivity contribution is 5.37. The Labute approximate surface area is 116 Å². The van der Waals surface area contributed by atoms with Gasteiger partial charge in [-0.3, -0.25) is 0 Å². The first kappa shape index (κ1) is 14.4. The van der Waals surface area contributed by atoms with Crippen molar-refractivity contribution in [2.24, 2.45) is 0 Å². The van der Waals surface area contributed by atoms with Crippen LogP contribution < -0.4 is 10.1 Å². The fraction of sp³-hybridized carbons (Fsp3) is 0.267. The van der Waals surface area contributed by atoms with E-state index >= 15 is 0 Å². The quantitative estimate of drug-likeness (QED) is 0.912. The lowest BCUT2D eigenvalue weighted by Gasteiger charge is -2.20. The molecular weight excluding hydrogens is 262 g/mol. The van der Waals surface area contributed by atoms with Crippen LogP contribution in [0.3, 0.4) is 0 Å². The number of hydrogen-bond donors (Lipinski definition) is 1. The van der Waals surface area contributed by atoms with Crippen LogP contribution in [0.1, 0.15) is 24.1 Å². The lowest BCUT2D eigenvalue weighted by Crippen LogP contribution is -2.23. The van der Waals surface area contributed by atoms with E-state index in [9.17, 15) is 8.78 Å². The Bertz CT molecular complexity index is 590. The van der Waals surface area contributed by atoms with Crippen LogP contribution >= 0.6 is 0 Å². The second-order valence-electron chi connectivity index (χ2n) is 4.27. The van der Waals surface area contributed by atoms with Gasteiger partial charge in [-0.2, -0.15) is 0 Å². The summed E-state index contributed by atoms with van der Waals surface area (Å²) in [7, 11) is 1.53. The van der Waals surface area contributed by atoms with Crippen molar-refractivity contribution in [3.8, 4) is 5.88 Å². The Balaban J connectivity index is 2.47. The fourth-order valence-electron chi connectivity index (χ4n) is 2.10. The van der Waals surface area contributed by atoms with E-state index < -0.39 is 11.6 Å². The molecule has 1 unspecified atom stereocenters. The zero-order valence-electron chi connectivity index (χ0n) is 11.4. The molecule has 20 heavy (non-hydrogen) atoms. The van der Waals surface area contributed by atoms with Crippen molar-refractivity contribution in [3.63, 3.8) is 0 Å². The number of nitrogens with zero attached hydrogens (tertiary/aromatic N) is 1. The number of pyridine rings is 1. The third kappa shape index (κ3) is 2.93. The minimum atomic E-state index is -0.867. The average molecular weight is 278 g/mol. The molecule has 3 nitrogen and oxygen atoms in total. The maximum absolute atomic E-state index is 13.4. The molecule has 0 aliphatic carbocycles. The number of aromatic nitrogens is 1. The van der Waals surface area contributed by atoms with E-state index in [1.165, 1.54) is 13.2 Å². The van der Waals surface area contributed by atoms with Crippen molar-refractivity contribution in [2.45, 2.75) is 13.0 Å².